The third kappa shape index (κ3) is 5.57. The molecule has 0 radical (unpaired) electrons. The summed E-state index contributed by atoms with van der Waals surface area (Å²) >= 11 is 13.0. The van der Waals surface area contributed by atoms with E-state index in [-0.39, 0.29) is 23.2 Å². The molecule has 0 aliphatic rings. The molecule has 3 nitrogen and oxygen atoms in total. The highest BCUT2D eigenvalue weighted by molar-refractivity contribution is 8.00. The first-order valence-corrected chi connectivity index (χ1v) is 8.64. The number of Topliss-reactive ketones (excluding diaryl/α,β-unsaturated/α-hetero) is 1. The Labute approximate surface area is 148 Å². The van der Waals surface area contributed by atoms with Gasteiger partial charge in [-0.05, 0) is 42.0 Å². The third-order valence-electron chi connectivity index (χ3n) is 3.17. The van der Waals surface area contributed by atoms with Gasteiger partial charge in [-0.15, -0.1) is 11.8 Å². The Kier molecular flexibility index (Phi) is 6.51. The second-order valence-corrected chi connectivity index (χ2v) is 6.95. The fourth-order valence-electron chi connectivity index (χ4n) is 2.07. The van der Waals surface area contributed by atoms with Crippen LogP contribution in [0.15, 0.2) is 48.5 Å². The van der Waals surface area contributed by atoms with Gasteiger partial charge in [-0.2, -0.15) is 0 Å². The molecule has 0 saturated heterocycles. The van der Waals surface area contributed by atoms with Gasteiger partial charge in [0.2, 0.25) is 0 Å². The maximum atomic E-state index is 12.4. The molecule has 1 unspecified atom stereocenters. The Morgan fingerprint density at radius 3 is 2.35 bits per heavy atom. The van der Waals surface area contributed by atoms with Gasteiger partial charge in [-0.1, -0.05) is 35.3 Å². The van der Waals surface area contributed by atoms with Crippen molar-refractivity contribution in [1.29, 1.82) is 0 Å². The normalized spacial score (nSPS) is 11.9. The molecular weight excluding hydrogens is 355 g/mol. The minimum absolute atomic E-state index is 0.0652. The number of carboxylic acids is 1. The summed E-state index contributed by atoms with van der Waals surface area (Å²) in [6.45, 7) is 0. The zero-order valence-corrected chi connectivity index (χ0v) is 14.4. The number of ketones is 1. The molecule has 120 valence electrons. The van der Waals surface area contributed by atoms with E-state index in [4.69, 9.17) is 28.3 Å². The van der Waals surface area contributed by atoms with E-state index in [1.54, 1.807) is 42.5 Å². The molecule has 0 bridgehead atoms. The van der Waals surface area contributed by atoms with Gasteiger partial charge in [0.1, 0.15) is 0 Å². The van der Waals surface area contributed by atoms with Crippen LogP contribution in [0.4, 0.5) is 0 Å². The second kappa shape index (κ2) is 8.39. The Bertz CT molecular complexity index is 701. The fraction of sp³-hybridized carbons (Fsp3) is 0.176. The SMILES string of the molecule is O=C(O)CSC(CC(=O)c1ccc(Cl)cc1)c1cccc(Cl)c1. The standard InChI is InChI=1S/C17H14Cl2O3S/c18-13-6-4-11(5-7-13)15(20)9-16(23-10-17(21)22)12-2-1-3-14(19)8-12/h1-8,16H,9-10H2,(H,21,22). The van der Waals surface area contributed by atoms with Crippen LogP contribution >= 0.6 is 35.0 Å². The minimum atomic E-state index is -0.916. The fourth-order valence-corrected chi connectivity index (χ4v) is 3.35. The Morgan fingerprint density at radius 1 is 1.04 bits per heavy atom. The number of carbonyl (C=O) groups excluding carboxylic acids is 1. The highest BCUT2D eigenvalue weighted by Crippen LogP contribution is 2.34. The van der Waals surface area contributed by atoms with Crippen molar-refractivity contribution < 1.29 is 14.7 Å². The summed E-state index contributed by atoms with van der Waals surface area (Å²) in [7, 11) is 0. The molecule has 1 atom stereocenters. The van der Waals surface area contributed by atoms with Crippen LogP contribution < -0.4 is 0 Å². The van der Waals surface area contributed by atoms with Crippen molar-refractivity contribution in [1.82, 2.24) is 0 Å². The Morgan fingerprint density at radius 2 is 1.74 bits per heavy atom. The highest BCUT2D eigenvalue weighted by Gasteiger charge is 2.19. The van der Waals surface area contributed by atoms with Crippen LogP contribution in [0, 0.1) is 0 Å². The average Bonchev–Trinajstić information content (AvgIpc) is 2.51. The number of benzene rings is 2. The van der Waals surface area contributed by atoms with Crippen molar-refractivity contribution in [3.8, 4) is 0 Å². The third-order valence-corrected chi connectivity index (χ3v) is 4.91. The number of thioether (sulfide) groups is 1. The Hall–Kier alpha value is -1.49. The first kappa shape index (κ1) is 17.9. The molecule has 23 heavy (non-hydrogen) atoms. The lowest BCUT2D eigenvalue weighted by atomic mass is 10.0. The molecule has 2 aromatic carbocycles. The number of carboxylic acid groups (broad SMARTS) is 1. The molecule has 0 fully saturated rings. The largest absolute Gasteiger partial charge is 0.481 e. The van der Waals surface area contributed by atoms with Crippen LogP contribution in [0.3, 0.4) is 0 Å². The van der Waals surface area contributed by atoms with Crippen LogP contribution in [0.5, 0.6) is 0 Å². The van der Waals surface area contributed by atoms with Crippen LogP contribution in [0.2, 0.25) is 10.0 Å². The predicted molar refractivity (Wildman–Crippen MR) is 94.7 cm³/mol. The van der Waals surface area contributed by atoms with E-state index < -0.39 is 5.97 Å². The molecular formula is C17H14Cl2O3S. The van der Waals surface area contributed by atoms with Crippen molar-refractivity contribution >= 4 is 46.7 Å². The lowest BCUT2D eigenvalue weighted by Crippen LogP contribution is -2.08. The number of carbonyl (C=O) groups is 2. The summed E-state index contributed by atoms with van der Waals surface area (Å²) in [5.74, 6) is -1.06. The predicted octanol–water partition coefficient (Wildman–Crippen LogP) is 5.13. The van der Waals surface area contributed by atoms with Crippen LogP contribution in [-0.2, 0) is 4.79 Å². The van der Waals surface area contributed by atoms with Crippen LogP contribution in [-0.4, -0.2) is 22.6 Å². The Balaban J connectivity index is 2.18. The van der Waals surface area contributed by atoms with E-state index in [1.165, 1.54) is 11.8 Å². The van der Waals surface area contributed by atoms with E-state index in [1.807, 2.05) is 6.07 Å². The molecule has 2 rings (SSSR count). The number of aliphatic carboxylic acids is 1. The first-order chi connectivity index (χ1) is 11.0. The van der Waals surface area contributed by atoms with Gasteiger partial charge in [-0.25, -0.2) is 0 Å². The van der Waals surface area contributed by atoms with E-state index in [2.05, 4.69) is 0 Å². The average molecular weight is 369 g/mol. The molecule has 0 aliphatic heterocycles. The molecule has 2 aromatic rings. The van der Waals surface area contributed by atoms with E-state index in [0.717, 1.165) is 5.56 Å². The maximum Gasteiger partial charge on any atom is 0.313 e. The van der Waals surface area contributed by atoms with Crippen LogP contribution in [0.25, 0.3) is 0 Å². The summed E-state index contributed by atoms with van der Waals surface area (Å²) < 4.78 is 0. The summed E-state index contributed by atoms with van der Waals surface area (Å²) in [6.07, 6.45) is 0.194. The second-order valence-electron chi connectivity index (χ2n) is 4.88. The summed E-state index contributed by atoms with van der Waals surface area (Å²) in [5, 5.41) is 9.75. The number of hydrogen-bond acceptors (Lipinski definition) is 3. The zero-order chi connectivity index (χ0) is 16.8. The summed E-state index contributed by atoms with van der Waals surface area (Å²) in [6, 6.07) is 13.8. The minimum Gasteiger partial charge on any atom is -0.481 e. The smallest absolute Gasteiger partial charge is 0.313 e. The topological polar surface area (TPSA) is 54.4 Å². The molecule has 0 spiro atoms. The molecule has 0 aromatic heterocycles. The van der Waals surface area contributed by atoms with E-state index in [0.29, 0.717) is 15.6 Å². The molecule has 6 heteroatoms. The molecule has 0 amide bonds. The maximum absolute atomic E-state index is 12.4. The quantitative estimate of drug-likeness (QED) is 0.688. The van der Waals surface area contributed by atoms with Gasteiger partial charge in [0, 0.05) is 27.3 Å². The highest BCUT2D eigenvalue weighted by atomic mass is 35.5. The molecule has 0 aliphatic carbocycles. The number of rotatable bonds is 7. The van der Waals surface area contributed by atoms with Gasteiger partial charge in [0.25, 0.3) is 0 Å². The zero-order valence-electron chi connectivity index (χ0n) is 12.0. The van der Waals surface area contributed by atoms with Crippen molar-refractivity contribution in [3.63, 3.8) is 0 Å². The van der Waals surface area contributed by atoms with Crippen LogP contribution in [0.1, 0.15) is 27.6 Å². The summed E-state index contributed by atoms with van der Waals surface area (Å²) in [4.78, 5) is 23.3. The molecule has 0 saturated carbocycles. The number of hydrogen-bond donors (Lipinski definition) is 1. The van der Waals surface area contributed by atoms with Gasteiger partial charge >= 0.3 is 5.97 Å². The van der Waals surface area contributed by atoms with Crippen molar-refractivity contribution in [2.75, 3.05) is 5.75 Å². The van der Waals surface area contributed by atoms with Crippen molar-refractivity contribution in [2.45, 2.75) is 11.7 Å². The van der Waals surface area contributed by atoms with Gasteiger partial charge in [0.05, 0.1) is 5.75 Å². The molecule has 1 N–H and O–H groups in total. The molecule has 0 heterocycles. The lowest BCUT2D eigenvalue weighted by Gasteiger charge is -2.16. The first-order valence-electron chi connectivity index (χ1n) is 6.83. The van der Waals surface area contributed by atoms with Gasteiger partial charge in [-0.3, -0.25) is 9.59 Å². The van der Waals surface area contributed by atoms with E-state index >= 15 is 0 Å². The van der Waals surface area contributed by atoms with Crippen molar-refractivity contribution in [3.05, 3.63) is 69.7 Å². The monoisotopic (exact) mass is 368 g/mol. The van der Waals surface area contributed by atoms with Gasteiger partial charge < -0.3 is 5.11 Å². The van der Waals surface area contributed by atoms with Crippen molar-refractivity contribution in [2.24, 2.45) is 0 Å². The van der Waals surface area contributed by atoms with E-state index in [9.17, 15) is 9.59 Å². The lowest BCUT2D eigenvalue weighted by molar-refractivity contribution is -0.133. The number of halogens is 2. The van der Waals surface area contributed by atoms with Gasteiger partial charge in [0.15, 0.2) is 5.78 Å². The summed E-state index contributed by atoms with van der Waals surface area (Å²) in [5.41, 5.74) is 1.39.